The predicted octanol–water partition coefficient (Wildman–Crippen LogP) is 1.95. The number of rotatable bonds is 5. The maximum absolute atomic E-state index is 12.7. The van der Waals surface area contributed by atoms with E-state index in [4.69, 9.17) is 4.52 Å². The monoisotopic (exact) mass is 352 g/mol. The number of benzene rings is 1. The van der Waals surface area contributed by atoms with E-state index in [-0.39, 0.29) is 18.2 Å². The summed E-state index contributed by atoms with van der Waals surface area (Å²) in [6, 6.07) is 4.87. The lowest BCUT2D eigenvalue weighted by Gasteiger charge is -2.22. The number of amides is 3. The molecule has 1 saturated heterocycles. The minimum atomic E-state index is -2.94. The molecule has 1 N–H and O–H groups in total. The molecule has 0 bridgehead atoms. The molecule has 0 spiro atoms. The lowest BCUT2D eigenvalue weighted by Crippen LogP contribution is -2.40. The van der Waals surface area contributed by atoms with Crippen molar-refractivity contribution in [2.75, 3.05) is 0 Å². The molecular weight excluding hydrogens is 338 g/mol. The minimum Gasteiger partial charge on any atom is -0.435 e. The van der Waals surface area contributed by atoms with Gasteiger partial charge < -0.3 is 14.6 Å². The molecule has 25 heavy (non-hydrogen) atoms. The van der Waals surface area contributed by atoms with Gasteiger partial charge in [0.2, 0.25) is 5.89 Å². The molecule has 1 aromatic carbocycles. The first-order valence-corrected chi connectivity index (χ1v) is 7.28. The van der Waals surface area contributed by atoms with Crippen LogP contribution in [-0.4, -0.2) is 33.6 Å². The number of carbonyl (C=O) groups is 2. The number of ether oxygens (including phenoxy) is 1. The van der Waals surface area contributed by atoms with Gasteiger partial charge in [-0.3, -0.25) is 9.69 Å². The molecule has 0 aliphatic carbocycles. The van der Waals surface area contributed by atoms with Gasteiger partial charge in [0.15, 0.2) is 5.82 Å². The Labute approximate surface area is 140 Å². The maximum Gasteiger partial charge on any atom is 0.387 e. The highest BCUT2D eigenvalue weighted by molar-refractivity contribution is 6.07. The summed E-state index contributed by atoms with van der Waals surface area (Å²) >= 11 is 0. The van der Waals surface area contributed by atoms with Crippen LogP contribution in [0.2, 0.25) is 0 Å². The summed E-state index contributed by atoms with van der Waals surface area (Å²) in [5.74, 6) is -0.0430. The number of urea groups is 1. The van der Waals surface area contributed by atoms with Crippen LogP contribution in [-0.2, 0) is 16.9 Å². The molecule has 0 radical (unpaired) electrons. The molecule has 1 aliphatic rings. The van der Waals surface area contributed by atoms with Gasteiger partial charge >= 0.3 is 12.6 Å². The molecule has 1 aromatic heterocycles. The molecule has 132 valence electrons. The van der Waals surface area contributed by atoms with Crippen molar-refractivity contribution in [2.45, 2.75) is 32.5 Å². The molecule has 1 aliphatic heterocycles. The molecule has 10 heteroatoms. The van der Waals surface area contributed by atoms with E-state index >= 15 is 0 Å². The van der Waals surface area contributed by atoms with Gasteiger partial charge in [0, 0.05) is 0 Å². The average Bonchev–Trinajstić information content (AvgIpc) is 3.05. The first-order valence-electron chi connectivity index (χ1n) is 7.28. The zero-order chi connectivity index (χ0) is 18.2. The Kier molecular flexibility index (Phi) is 4.11. The molecular formula is C15H14F2N4O4. The Morgan fingerprint density at radius 3 is 2.56 bits per heavy atom. The number of hydrogen-bond donors (Lipinski definition) is 1. The van der Waals surface area contributed by atoms with Crippen molar-refractivity contribution in [1.82, 2.24) is 20.4 Å². The van der Waals surface area contributed by atoms with Gasteiger partial charge in [-0.1, -0.05) is 17.3 Å². The van der Waals surface area contributed by atoms with E-state index in [1.54, 1.807) is 6.92 Å². The van der Waals surface area contributed by atoms with Gasteiger partial charge in [0.1, 0.15) is 17.8 Å². The van der Waals surface area contributed by atoms with Crippen molar-refractivity contribution < 1.29 is 27.6 Å². The molecule has 1 fully saturated rings. The maximum atomic E-state index is 12.7. The van der Waals surface area contributed by atoms with Crippen LogP contribution < -0.4 is 10.1 Å². The van der Waals surface area contributed by atoms with Crippen molar-refractivity contribution in [3.8, 4) is 5.75 Å². The van der Waals surface area contributed by atoms with Crippen LogP contribution in [0.25, 0.3) is 0 Å². The molecule has 3 rings (SSSR count). The van der Waals surface area contributed by atoms with E-state index in [1.807, 2.05) is 0 Å². The van der Waals surface area contributed by atoms with Crippen molar-refractivity contribution in [3.63, 3.8) is 0 Å². The molecule has 0 saturated carbocycles. The summed E-state index contributed by atoms with van der Waals surface area (Å²) < 4.78 is 33.6. The molecule has 8 nitrogen and oxygen atoms in total. The van der Waals surface area contributed by atoms with E-state index in [0.717, 1.165) is 4.90 Å². The summed E-state index contributed by atoms with van der Waals surface area (Å²) in [6.07, 6.45) is 0. The van der Waals surface area contributed by atoms with Gasteiger partial charge in [0.05, 0.1) is 0 Å². The van der Waals surface area contributed by atoms with E-state index in [9.17, 15) is 18.4 Å². The van der Waals surface area contributed by atoms with Crippen molar-refractivity contribution in [2.24, 2.45) is 0 Å². The fraction of sp³-hybridized carbons (Fsp3) is 0.333. The second kappa shape index (κ2) is 6.11. The SMILES string of the molecule is Cc1noc(CN2C(=O)NC(C)(c3ccc(OC(F)F)cc3)C2=O)n1. The van der Waals surface area contributed by atoms with Gasteiger partial charge in [-0.05, 0) is 31.5 Å². The zero-order valence-corrected chi connectivity index (χ0v) is 13.3. The number of carbonyl (C=O) groups excluding carboxylic acids is 2. The molecule has 1 unspecified atom stereocenters. The van der Waals surface area contributed by atoms with Gasteiger partial charge in [0.25, 0.3) is 5.91 Å². The standard InChI is InChI=1S/C15H14F2N4O4/c1-8-18-11(25-20-8)7-21-12(22)15(2,19-14(21)23)9-3-5-10(6-4-9)24-13(16)17/h3-6,13H,7H2,1-2H3,(H,19,23). The van der Waals surface area contributed by atoms with Crippen LogP contribution in [0.15, 0.2) is 28.8 Å². The fourth-order valence-electron chi connectivity index (χ4n) is 2.55. The smallest absolute Gasteiger partial charge is 0.387 e. The third kappa shape index (κ3) is 3.14. The topological polar surface area (TPSA) is 97.6 Å². The van der Waals surface area contributed by atoms with Crippen LogP contribution in [0.3, 0.4) is 0 Å². The normalized spacial score (nSPS) is 20.3. The summed E-state index contributed by atoms with van der Waals surface area (Å²) in [4.78, 5) is 29.8. The third-order valence-corrected chi connectivity index (χ3v) is 3.79. The van der Waals surface area contributed by atoms with Crippen LogP contribution in [0.5, 0.6) is 5.75 Å². The Bertz CT molecular complexity index is 808. The Balaban J connectivity index is 1.81. The average molecular weight is 352 g/mol. The highest BCUT2D eigenvalue weighted by atomic mass is 19.3. The number of aromatic nitrogens is 2. The summed E-state index contributed by atoms with van der Waals surface area (Å²) in [6.45, 7) is 0.0391. The van der Waals surface area contributed by atoms with Crippen molar-refractivity contribution in [3.05, 3.63) is 41.5 Å². The Morgan fingerprint density at radius 1 is 1.32 bits per heavy atom. The summed E-state index contributed by atoms with van der Waals surface area (Å²) in [5, 5.41) is 6.20. The fourth-order valence-corrected chi connectivity index (χ4v) is 2.55. The van der Waals surface area contributed by atoms with Crippen molar-refractivity contribution >= 4 is 11.9 Å². The summed E-state index contributed by atoms with van der Waals surface area (Å²) in [5.41, 5.74) is -0.910. The van der Waals surface area contributed by atoms with Crippen molar-refractivity contribution in [1.29, 1.82) is 0 Å². The second-order valence-corrected chi connectivity index (χ2v) is 5.58. The lowest BCUT2D eigenvalue weighted by molar-refractivity contribution is -0.131. The lowest BCUT2D eigenvalue weighted by atomic mass is 9.92. The Morgan fingerprint density at radius 2 is 2.00 bits per heavy atom. The number of imide groups is 1. The number of alkyl halides is 2. The van der Waals surface area contributed by atoms with E-state index in [0.29, 0.717) is 11.4 Å². The number of nitrogens with one attached hydrogen (secondary N) is 1. The van der Waals surface area contributed by atoms with Crippen LogP contribution in [0, 0.1) is 6.92 Å². The van der Waals surface area contributed by atoms with E-state index in [2.05, 4.69) is 20.2 Å². The summed E-state index contributed by atoms with van der Waals surface area (Å²) in [7, 11) is 0. The third-order valence-electron chi connectivity index (χ3n) is 3.79. The quantitative estimate of drug-likeness (QED) is 0.826. The largest absolute Gasteiger partial charge is 0.435 e. The molecule has 2 aromatic rings. The first kappa shape index (κ1) is 16.8. The Hall–Kier alpha value is -3.04. The van der Waals surface area contributed by atoms with Crippen LogP contribution >= 0.6 is 0 Å². The first-order chi connectivity index (χ1) is 11.8. The molecule has 1 atom stereocenters. The number of aryl methyl sites for hydroxylation is 1. The highest BCUT2D eigenvalue weighted by Gasteiger charge is 2.49. The van der Waals surface area contributed by atoms with Crippen LogP contribution in [0.1, 0.15) is 24.2 Å². The van der Waals surface area contributed by atoms with E-state index in [1.165, 1.54) is 31.2 Å². The van der Waals surface area contributed by atoms with Gasteiger partial charge in [-0.25, -0.2) is 4.79 Å². The van der Waals surface area contributed by atoms with E-state index < -0.39 is 24.1 Å². The highest BCUT2D eigenvalue weighted by Crippen LogP contribution is 2.31. The number of nitrogens with zero attached hydrogens (tertiary/aromatic N) is 3. The van der Waals surface area contributed by atoms with Gasteiger partial charge in [-0.15, -0.1) is 0 Å². The number of halogens is 2. The molecule has 2 heterocycles. The van der Waals surface area contributed by atoms with Gasteiger partial charge in [-0.2, -0.15) is 13.8 Å². The number of hydrogen-bond acceptors (Lipinski definition) is 6. The minimum absolute atomic E-state index is 0.0442. The van der Waals surface area contributed by atoms with Crippen LogP contribution in [0.4, 0.5) is 13.6 Å². The zero-order valence-electron chi connectivity index (χ0n) is 13.3. The second-order valence-electron chi connectivity index (χ2n) is 5.58. The molecule has 3 amide bonds. The predicted molar refractivity (Wildman–Crippen MR) is 78.5 cm³/mol.